The number of hydrogen-bond donors (Lipinski definition) is 0. The lowest BCUT2D eigenvalue weighted by atomic mass is 10.1. The van der Waals surface area contributed by atoms with Crippen LogP contribution in [0.25, 0.3) is 0 Å². The van der Waals surface area contributed by atoms with Gasteiger partial charge in [0.2, 0.25) is 5.91 Å². The molecule has 0 bridgehead atoms. The largest absolute Gasteiger partial charge is 0.469 e. The molecule has 0 aromatic carbocycles. The van der Waals surface area contributed by atoms with Crippen molar-refractivity contribution in [1.82, 2.24) is 4.90 Å². The van der Waals surface area contributed by atoms with Gasteiger partial charge in [-0.15, -0.1) is 0 Å². The van der Waals surface area contributed by atoms with Crippen LogP contribution in [0.3, 0.4) is 0 Å². The van der Waals surface area contributed by atoms with Crippen LogP contribution in [0, 0.1) is 11.8 Å². The van der Waals surface area contributed by atoms with Gasteiger partial charge in [0.15, 0.2) is 0 Å². The lowest BCUT2D eigenvalue weighted by molar-refractivity contribution is -0.146. The van der Waals surface area contributed by atoms with E-state index >= 15 is 0 Å². The summed E-state index contributed by atoms with van der Waals surface area (Å²) in [5.41, 5.74) is 0. The second-order valence-corrected chi connectivity index (χ2v) is 5.38. The first kappa shape index (κ1) is 16.3. The van der Waals surface area contributed by atoms with E-state index in [0.29, 0.717) is 25.3 Å². The summed E-state index contributed by atoms with van der Waals surface area (Å²) < 4.78 is 9.99. The quantitative estimate of drug-likeness (QED) is 0.720. The summed E-state index contributed by atoms with van der Waals surface area (Å²) in [5, 5.41) is 0. The second kappa shape index (κ2) is 7.72. The highest BCUT2D eigenvalue weighted by molar-refractivity contribution is 5.78. The zero-order chi connectivity index (χ0) is 15.1. The molecule has 0 saturated carbocycles. The van der Waals surface area contributed by atoms with Crippen molar-refractivity contribution in [2.24, 2.45) is 11.8 Å². The number of methoxy groups -OCH3 is 1. The van der Waals surface area contributed by atoms with Crippen molar-refractivity contribution >= 4 is 11.9 Å². The van der Waals surface area contributed by atoms with Crippen LogP contribution < -0.4 is 0 Å². The summed E-state index contributed by atoms with van der Waals surface area (Å²) in [4.78, 5) is 25.4. The summed E-state index contributed by atoms with van der Waals surface area (Å²) in [6.45, 7) is 6.45. The molecule has 0 radical (unpaired) electrons. The first-order valence-electron chi connectivity index (χ1n) is 6.82. The molecule has 1 aromatic rings. The van der Waals surface area contributed by atoms with Crippen molar-refractivity contribution in [3.8, 4) is 0 Å². The SMILES string of the molecule is COC(=O)C(C)CN(Cc1ccco1)C(=O)CC(C)C. The Hall–Kier alpha value is -1.78. The number of furan rings is 1. The first-order chi connectivity index (χ1) is 9.43. The molecule has 0 aliphatic heterocycles. The van der Waals surface area contributed by atoms with Crippen LogP contribution >= 0.6 is 0 Å². The van der Waals surface area contributed by atoms with E-state index in [4.69, 9.17) is 9.15 Å². The molecule has 0 saturated heterocycles. The number of carbonyl (C=O) groups is 2. The minimum Gasteiger partial charge on any atom is -0.469 e. The van der Waals surface area contributed by atoms with Gasteiger partial charge in [0, 0.05) is 13.0 Å². The third-order valence-corrected chi connectivity index (χ3v) is 2.96. The Labute approximate surface area is 119 Å². The second-order valence-electron chi connectivity index (χ2n) is 5.38. The van der Waals surface area contributed by atoms with E-state index in [1.165, 1.54) is 7.11 Å². The van der Waals surface area contributed by atoms with E-state index in [0.717, 1.165) is 0 Å². The molecule has 5 heteroatoms. The van der Waals surface area contributed by atoms with E-state index in [-0.39, 0.29) is 23.7 Å². The third kappa shape index (κ3) is 5.07. The molecule has 0 aliphatic rings. The average Bonchev–Trinajstić information content (AvgIpc) is 2.88. The molecule has 0 fully saturated rings. The molecule has 1 aromatic heterocycles. The van der Waals surface area contributed by atoms with Gasteiger partial charge >= 0.3 is 5.97 Å². The monoisotopic (exact) mass is 281 g/mol. The lowest BCUT2D eigenvalue weighted by Crippen LogP contribution is -2.37. The molecular formula is C15H23NO4. The van der Waals surface area contributed by atoms with Gasteiger partial charge in [-0.1, -0.05) is 20.8 Å². The fourth-order valence-electron chi connectivity index (χ4n) is 1.93. The maximum atomic E-state index is 12.3. The average molecular weight is 281 g/mol. The Morgan fingerprint density at radius 2 is 2.05 bits per heavy atom. The maximum absolute atomic E-state index is 12.3. The van der Waals surface area contributed by atoms with E-state index in [1.54, 1.807) is 24.2 Å². The molecule has 112 valence electrons. The molecule has 0 N–H and O–H groups in total. The number of carbonyl (C=O) groups excluding carboxylic acids is 2. The number of nitrogens with zero attached hydrogens (tertiary/aromatic N) is 1. The summed E-state index contributed by atoms with van der Waals surface area (Å²) in [6.07, 6.45) is 2.03. The molecule has 0 spiro atoms. The number of rotatable bonds is 7. The summed E-state index contributed by atoms with van der Waals surface area (Å²) in [7, 11) is 1.35. The van der Waals surface area contributed by atoms with Crippen molar-refractivity contribution in [3.05, 3.63) is 24.2 Å². The van der Waals surface area contributed by atoms with Gasteiger partial charge in [-0.2, -0.15) is 0 Å². The van der Waals surface area contributed by atoms with E-state index in [9.17, 15) is 9.59 Å². The van der Waals surface area contributed by atoms with Crippen molar-refractivity contribution in [2.45, 2.75) is 33.7 Å². The van der Waals surface area contributed by atoms with Gasteiger partial charge in [0.25, 0.3) is 0 Å². The Kier molecular flexibility index (Phi) is 6.28. The molecule has 1 rings (SSSR count). The van der Waals surface area contributed by atoms with Crippen molar-refractivity contribution < 1.29 is 18.7 Å². The number of hydrogen-bond acceptors (Lipinski definition) is 4. The van der Waals surface area contributed by atoms with Gasteiger partial charge in [-0.3, -0.25) is 9.59 Å². The molecule has 1 heterocycles. The van der Waals surface area contributed by atoms with E-state index in [1.807, 2.05) is 19.9 Å². The molecule has 1 amide bonds. The summed E-state index contributed by atoms with van der Waals surface area (Å²) >= 11 is 0. The van der Waals surface area contributed by atoms with Gasteiger partial charge in [-0.05, 0) is 18.1 Å². The van der Waals surface area contributed by atoms with Crippen molar-refractivity contribution in [2.75, 3.05) is 13.7 Å². The number of amides is 1. The van der Waals surface area contributed by atoms with Crippen LogP contribution in [-0.2, 0) is 20.9 Å². The van der Waals surface area contributed by atoms with Crippen LogP contribution in [0.1, 0.15) is 33.0 Å². The van der Waals surface area contributed by atoms with Gasteiger partial charge in [0.1, 0.15) is 5.76 Å². The van der Waals surface area contributed by atoms with Gasteiger partial charge < -0.3 is 14.1 Å². The van der Waals surface area contributed by atoms with E-state index < -0.39 is 0 Å². The molecule has 1 atom stereocenters. The Bertz CT molecular complexity index is 425. The summed E-state index contributed by atoms with van der Waals surface area (Å²) in [6, 6.07) is 3.60. The molecule has 5 nitrogen and oxygen atoms in total. The number of esters is 1. The fourth-order valence-corrected chi connectivity index (χ4v) is 1.93. The fraction of sp³-hybridized carbons (Fsp3) is 0.600. The standard InChI is InChI=1S/C15H23NO4/c1-11(2)8-14(17)16(9-12(3)15(18)19-4)10-13-6-5-7-20-13/h5-7,11-12H,8-10H2,1-4H3. The molecular weight excluding hydrogens is 258 g/mol. The van der Waals surface area contributed by atoms with Crippen LogP contribution in [-0.4, -0.2) is 30.4 Å². The van der Waals surface area contributed by atoms with Crippen LogP contribution in [0.15, 0.2) is 22.8 Å². The van der Waals surface area contributed by atoms with Crippen molar-refractivity contribution in [3.63, 3.8) is 0 Å². The summed E-state index contributed by atoms with van der Waals surface area (Å²) in [5.74, 6) is 0.333. The third-order valence-electron chi connectivity index (χ3n) is 2.96. The predicted molar refractivity (Wildman–Crippen MR) is 74.8 cm³/mol. The van der Waals surface area contributed by atoms with Crippen LogP contribution in [0.5, 0.6) is 0 Å². The topological polar surface area (TPSA) is 59.8 Å². The first-order valence-corrected chi connectivity index (χ1v) is 6.82. The van der Waals surface area contributed by atoms with Crippen molar-refractivity contribution in [1.29, 1.82) is 0 Å². The van der Waals surface area contributed by atoms with Crippen LogP contribution in [0.2, 0.25) is 0 Å². The number of ether oxygens (including phenoxy) is 1. The predicted octanol–water partition coefficient (Wildman–Crippen LogP) is 2.46. The highest BCUT2D eigenvalue weighted by atomic mass is 16.5. The Balaban J connectivity index is 2.73. The molecule has 0 aliphatic carbocycles. The highest BCUT2D eigenvalue weighted by Gasteiger charge is 2.22. The smallest absolute Gasteiger partial charge is 0.310 e. The highest BCUT2D eigenvalue weighted by Crippen LogP contribution is 2.13. The van der Waals surface area contributed by atoms with Crippen LogP contribution in [0.4, 0.5) is 0 Å². The molecule has 1 unspecified atom stereocenters. The minimum absolute atomic E-state index is 0.0205. The maximum Gasteiger partial charge on any atom is 0.310 e. The van der Waals surface area contributed by atoms with Gasteiger partial charge in [0.05, 0.1) is 25.8 Å². The molecule has 20 heavy (non-hydrogen) atoms. The van der Waals surface area contributed by atoms with Gasteiger partial charge in [-0.25, -0.2) is 0 Å². The zero-order valence-electron chi connectivity index (χ0n) is 12.6. The minimum atomic E-state index is -0.355. The Morgan fingerprint density at radius 1 is 1.35 bits per heavy atom. The lowest BCUT2D eigenvalue weighted by Gasteiger charge is -2.25. The Morgan fingerprint density at radius 3 is 2.55 bits per heavy atom. The van der Waals surface area contributed by atoms with E-state index in [2.05, 4.69) is 0 Å². The normalized spacial score (nSPS) is 12.2. The zero-order valence-corrected chi connectivity index (χ0v) is 12.6.